The highest BCUT2D eigenvalue weighted by atomic mass is 35.5. The van der Waals surface area contributed by atoms with E-state index in [0.29, 0.717) is 6.54 Å². The van der Waals surface area contributed by atoms with Crippen LogP contribution in [-0.4, -0.2) is 42.5 Å². The van der Waals surface area contributed by atoms with Crippen molar-refractivity contribution in [2.75, 3.05) is 26.2 Å². The molecule has 2 atom stereocenters. The molecule has 2 unspecified atom stereocenters. The van der Waals surface area contributed by atoms with Crippen LogP contribution in [0.5, 0.6) is 0 Å². The number of nitrogens with zero attached hydrogens (tertiary/aromatic N) is 1. The molecule has 1 amide bonds. The molecular formula is C19H31Cl2N3O. The van der Waals surface area contributed by atoms with Crippen molar-refractivity contribution in [1.29, 1.82) is 0 Å². The molecule has 4 nitrogen and oxygen atoms in total. The van der Waals surface area contributed by atoms with Gasteiger partial charge in [-0.3, -0.25) is 9.69 Å². The van der Waals surface area contributed by atoms with Gasteiger partial charge >= 0.3 is 0 Å². The maximum atomic E-state index is 12.8. The molecule has 3 rings (SSSR count). The fraction of sp³-hybridized carbons (Fsp3) is 0.632. The highest BCUT2D eigenvalue weighted by molar-refractivity contribution is 5.86. The average molecular weight is 388 g/mol. The monoisotopic (exact) mass is 387 g/mol. The first-order valence-electron chi connectivity index (χ1n) is 9.07. The number of nitrogens with one attached hydrogen (secondary N) is 2. The number of hydrogen-bond donors (Lipinski definition) is 2. The van der Waals surface area contributed by atoms with E-state index < -0.39 is 0 Å². The van der Waals surface area contributed by atoms with E-state index in [1.165, 1.54) is 18.4 Å². The Bertz CT molecular complexity index is 515. The SMILES string of the molecule is CCC1(C(=O)NCC(c2ccccc2)N2CCCC2)CCCN1.Cl.Cl. The van der Waals surface area contributed by atoms with Gasteiger partial charge in [0.25, 0.3) is 0 Å². The Balaban J connectivity index is 0.00000156. The number of benzene rings is 1. The lowest BCUT2D eigenvalue weighted by Crippen LogP contribution is -2.54. The average Bonchev–Trinajstić information content (AvgIpc) is 3.28. The molecule has 1 aromatic rings. The first kappa shape index (κ1) is 22.2. The molecule has 0 aromatic heterocycles. The summed E-state index contributed by atoms with van der Waals surface area (Å²) in [6.45, 7) is 6.02. The maximum absolute atomic E-state index is 12.8. The van der Waals surface area contributed by atoms with Crippen molar-refractivity contribution in [3.8, 4) is 0 Å². The minimum Gasteiger partial charge on any atom is -0.353 e. The Morgan fingerprint density at radius 3 is 2.44 bits per heavy atom. The standard InChI is InChI=1S/C19H29N3O.2ClH/c1-2-19(11-8-12-21-19)18(23)20-15-17(22-13-6-7-14-22)16-9-4-3-5-10-16;;/h3-5,9-10,17,21H,2,6-8,11-15H2,1H3,(H,20,23);2*1H. The summed E-state index contributed by atoms with van der Waals surface area (Å²) in [5.74, 6) is 0.178. The summed E-state index contributed by atoms with van der Waals surface area (Å²) in [7, 11) is 0. The van der Waals surface area contributed by atoms with E-state index in [1.807, 2.05) is 0 Å². The topological polar surface area (TPSA) is 44.4 Å². The van der Waals surface area contributed by atoms with Gasteiger partial charge in [-0.05, 0) is 57.3 Å². The molecule has 0 saturated carbocycles. The van der Waals surface area contributed by atoms with Gasteiger partial charge < -0.3 is 10.6 Å². The molecule has 0 aliphatic carbocycles. The van der Waals surface area contributed by atoms with Gasteiger partial charge in [-0.15, -0.1) is 24.8 Å². The van der Waals surface area contributed by atoms with Crippen molar-refractivity contribution in [2.24, 2.45) is 0 Å². The third kappa shape index (κ3) is 5.10. The van der Waals surface area contributed by atoms with Gasteiger partial charge in [0.05, 0.1) is 11.6 Å². The van der Waals surface area contributed by atoms with Gasteiger partial charge in [0, 0.05) is 6.54 Å². The lowest BCUT2D eigenvalue weighted by atomic mass is 9.93. The molecule has 25 heavy (non-hydrogen) atoms. The quantitative estimate of drug-likeness (QED) is 0.786. The number of halogens is 2. The Labute approximate surface area is 163 Å². The van der Waals surface area contributed by atoms with Crippen molar-refractivity contribution >= 4 is 30.7 Å². The predicted octanol–water partition coefficient (Wildman–Crippen LogP) is 3.32. The first-order valence-corrected chi connectivity index (χ1v) is 9.07. The van der Waals surface area contributed by atoms with Gasteiger partial charge in [-0.2, -0.15) is 0 Å². The highest BCUT2D eigenvalue weighted by Gasteiger charge is 2.39. The first-order chi connectivity index (χ1) is 11.2. The van der Waals surface area contributed by atoms with Crippen LogP contribution in [-0.2, 0) is 4.79 Å². The second-order valence-electron chi connectivity index (χ2n) is 6.85. The van der Waals surface area contributed by atoms with Crippen molar-refractivity contribution < 1.29 is 4.79 Å². The fourth-order valence-electron chi connectivity index (χ4n) is 4.01. The number of rotatable bonds is 6. The minimum absolute atomic E-state index is 0. The number of hydrogen-bond acceptors (Lipinski definition) is 3. The third-order valence-corrected chi connectivity index (χ3v) is 5.50. The lowest BCUT2D eigenvalue weighted by Gasteiger charge is -2.31. The second kappa shape index (κ2) is 10.4. The number of likely N-dealkylation sites (tertiary alicyclic amines) is 1. The summed E-state index contributed by atoms with van der Waals surface area (Å²) in [4.78, 5) is 15.3. The van der Waals surface area contributed by atoms with Gasteiger partial charge in [0.1, 0.15) is 0 Å². The maximum Gasteiger partial charge on any atom is 0.240 e. The molecule has 0 bridgehead atoms. The van der Waals surface area contributed by atoms with Gasteiger partial charge in [0.15, 0.2) is 0 Å². The zero-order chi connectivity index (χ0) is 16.1. The summed E-state index contributed by atoms with van der Waals surface area (Å²) >= 11 is 0. The molecule has 1 aromatic carbocycles. The molecule has 2 heterocycles. The van der Waals surface area contributed by atoms with Gasteiger partial charge in [-0.1, -0.05) is 37.3 Å². The zero-order valence-corrected chi connectivity index (χ0v) is 16.6. The summed E-state index contributed by atoms with van der Waals surface area (Å²) < 4.78 is 0. The lowest BCUT2D eigenvalue weighted by molar-refractivity contribution is -0.127. The van der Waals surface area contributed by atoms with Crippen LogP contribution in [0, 0.1) is 0 Å². The molecular weight excluding hydrogens is 357 g/mol. The van der Waals surface area contributed by atoms with Crippen LogP contribution in [0.25, 0.3) is 0 Å². The fourth-order valence-corrected chi connectivity index (χ4v) is 4.01. The van der Waals surface area contributed by atoms with E-state index in [4.69, 9.17) is 0 Å². The van der Waals surface area contributed by atoms with Crippen molar-refractivity contribution in [3.05, 3.63) is 35.9 Å². The minimum atomic E-state index is -0.341. The van der Waals surface area contributed by atoms with Crippen LogP contribution >= 0.6 is 24.8 Å². The molecule has 0 spiro atoms. The Morgan fingerprint density at radius 2 is 1.88 bits per heavy atom. The van der Waals surface area contributed by atoms with Crippen LogP contribution < -0.4 is 10.6 Å². The smallest absolute Gasteiger partial charge is 0.240 e. The Kier molecular flexibility index (Phi) is 9.22. The van der Waals surface area contributed by atoms with Crippen molar-refractivity contribution in [3.63, 3.8) is 0 Å². The normalized spacial score (nSPS) is 24.2. The third-order valence-electron chi connectivity index (χ3n) is 5.50. The molecule has 2 aliphatic rings. The summed E-state index contributed by atoms with van der Waals surface area (Å²) in [6.07, 6.45) is 5.43. The molecule has 2 aliphatic heterocycles. The van der Waals surface area contributed by atoms with Crippen molar-refractivity contribution in [1.82, 2.24) is 15.5 Å². The van der Waals surface area contributed by atoms with E-state index in [2.05, 4.69) is 52.8 Å². The largest absolute Gasteiger partial charge is 0.353 e. The van der Waals surface area contributed by atoms with E-state index in [0.717, 1.165) is 38.9 Å². The van der Waals surface area contributed by atoms with E-state index in [-0.39, 0.29) is 42.3 Å². The molecule has 0 radical (unpaired) electrons. The molecule has 2 N–H and O–H groups in total. The van der Waals surface area contributed by atoms with Gasteiger partial charge in [0.2, 0.25) is 5.91 Å². The van der Waals surface area contributed by atoms with Crippen LogP contribution in [0.4, 0.5) is 0 Å². The van der Waals surface area contributed by atoms with Crippen LogP contribution in [0.1, 0.15) is 50.6 Å². The number of carbonyl (C=O) groups is 1. The van der Waals surface area contributed by atoms with E-state index >= 15 is 0 Å². The summed E-state index contributed by atoms with van der Waals surface area (Å²) in [5, 5.41) is 6.68. The second-order valence-corrected chi connectivity index (χ2v) is 6.85. The Hall–Kier alpha value is -0.810. The number of carbonyl (C=O) groups excluding carboxylic acids is 1. The summed E-state index contributed by atoms with van der Waals surface area (Å²) in [5.41, 5.74) is 0.964. The van der Waals surface area contributed by atoms with Crippen molar-refractivity contribution in [2.45, 2.75) is 50.6 Å². The Morgan fingerprint density at radius 1 is 1.20 bits per heavy atom. The van der Waals surface area contributed by atoms with Gasteiger partial charge in [-0.25, -0.2) is 0 Å². The highest BCUT2D eigenvalue weighted by Crippen LogP contribution is 2.26. The predicted molar refractivity (Wildman–Crippen MR) is 108 cm³/mol. The zero-order valence-electron chi connectivity index (χ0n) is 15.0. The molecule has 2 fully saturated rings. The molecule has 2 saturated heterocycles. The van der Waals surface area contributed by atoms with Crippen LogP contribution in [0.15, 0.2) is 30.3 Å². The van der Waals surface area contributed by atoms with E-state index in [1.54, 1.807) is 0 Å². The summed E-state index contributed by atoms with van der Waals surface area (Å²) in [6, 6.07) is 10.9. The number of amides is 1. The molecule has 6 heteroatoms. The van der Waals surface area contributed by atoms with Crippen LogP contribution in [0.2, 0.25) is 0 Å². The van der Waals surface area contributed by atoms with E-state index in [9.17, 15) is 4.79 Å². The molecule has 142 valence electrons. The van der Waals surface area contributed by atoms with Crippen LogP contribution in [0.3, 0.4) is 0 Å².